The molecule has 1 aromatic carbocycles. The zero-order valence-electron chi connectivity index (χ0n) is 23.2. The minimum Gasteiger partial charge on any atom is -0.459 e. The van der Waals surface area contributed by atoms with Crippen molar-refractivity contribution in [1.29, 1.82) is 0 Å². The van der Waals surface area contributed by atoms with E-state index in [9.17, 15) is 19.2 Å². The van der Waals surface area contributed by atoms with E-state index in [1.165, 1.54) is 28.2 Å². The van der Waals surface area contributed by atoms with Crippen LogP contribution >= 0.6 is 0 Å². The molecule has 0 aromatic heterocycles. The number of likely N-dealkylation sites (N-methyl/N-ethyl adjacent to an activating group) is 3. The summed E-state index contributed by atoms with van der Waals surface area (Å²) in [5, 5.41) is 0. The first-order valence-electron chi connectivity index (χ1n) is 13.0. The Kier molecular flexibility index (Phi) is 11.4. The van der Waals surface area contributed by atoms with Crippen LogP contribution in [-0.4, -0.2) is 84.5 Å². The molecule has 0 bridgehead atoms. The number of esters is 1. The molecule has 9 heteroatoms. The summed E-state index contributed by atoms with van der Waals surface area (Å²) in [7, 11) is 4.62. The Hall–Kier alpha value is -3.10. The number of benzene rings is 1. The summed E-state index contributed by atoms with van der Waals surface area (Å²) >= 11 is 0. The molecule has 1 fully saturated rings. The molecule has 1 aliphatic carbocycles. The minimum absolute atomic E-state index is 0.103. The topological polar surface area (TPSA) is 96.5 Å². The fraction of sp³-hybridized carbons (Fsp3) is 0.643. The standard InChI is InChI=1S/C28H43N3O6/c1-28(2,3)37-25(33)19-29(4)26(34)23(17-21-13-9-7-10-14-21)31(6)24(32)18-30(5)27(35)36-20-22-15-11-8-12-16-22/h8,11-12,15-16,21,23H,7,9-10,13-14,17-20H2,1-6H3/t23-/m0/s1. The summed E-state index contributed by atoms with van der Waals surface area (Å²) < 4.78 is 10.7. The van der Waals surface area contributed by atoms with Gasteiger partial charge in [0.2, 0.25) is 11.8 Å². The lowest BCUT2D eigenvalue weighted by Crippen LogP contribution is -2.52. The van der Waals surface area contributed by atoms with Crippen LogP contribution < -0.4 is 0 Å². The quantitative estimate of drug-likeness (QED) is 0.438. The van der Waals surface area contributed by atoms with E-state index in [2.05, 4.69) is 0 Å². The predicted octanol–water partition coefficient (Wildman–Crippen LogP) is 3.85. The van der Waals surface area contributed by atoms with Gasteiger partial charge in [-0.15, -0.1) is 0 Å². The van der Waals surface area contributed by atoms with Crippen molar-refractivity contribution >= 4 is 23.9 Å². The molecule has 0 saturated heterocycles. The van der Waals surface area contributed by atoms with Gasteiger partial charge in [0.25, 0.3) is 0 Å². The summed E-state index contributed by atoms with van der Waals surface area (Å²) in [5.74, 6) is -0.878. The molecule has 9 nitrogen and oxygen atoms in total. The molecule has 0 heterocycles. The number of nitrogens with zero attached hydrogens (tertiary/aromatic N) is 3. The summed E-state index contributed by atoms with van der Waals surface area (Å²) in [6.07, 6.45) is 5.30. The highest BCUT2D eigenvalue weighted by Crippen LogP contribution is 2.29. The molecule has 206 valence electrons. The molecular weight excluding hydrogens is 474 g/mol. The van der Waals surface area contributed by atoms with E-state index in [-0.39, 0.29) is 31.5 Å². The Morgan fingerprint density at radius 1 is 0.919 bits per heavy atom. The Morgan fingerprint density at radius 3 is 2.14 bits per heavy atom. The van der Waals surface area contributed by atoms with Crippen LogP contribution in [0.5, 0.6) is 0 Å². The maximum atomic E-state index is 13.5. The molecule has 0 N–H and O–H groups in total. The van der Waals surface area contributed by atoms with Crippen molar-refractivity contribution in [2.45, 2.75) is 77.5 Å². The fourth-order valence-corrected chi connectivity index (χ4v) is 4.45. The van der Waals surface area contributed by atoms with Crippen LogP contribution in [0.15, 0.2) is 30.3 Å². The number of hydrogen-bond donors (Lipinski definition) is 0. The van der Waals surface area contributed by atoms with E-state index in [1.54, 1.807) is 34.9 Å². The van der Waals surface area contributed by atoms with Crippen LogP contribution in [0.4, 0.5) is 4.79 Å². The first-order chi connectivity index (χ1) is 17.4. The maximum absolute atomic E-state index is 13.5. The molecule has 0 unspecified atom stereocenters. The molecule has 1 aliphatic rings. The maximum Gasteiger partial charge on any atom is 0.410 e. The van der Waals surface area contributed by atoms with Gasteiger partial charge < -0.3 is 24.2 Å². The summed E-state index contributed by atoms with van der Waals surface area (Å²) in [4.78, 5) is 55.3. The van der Waals surface area contributed by atoms with Gasteiger partial charge in [0.15, 0.2) is 0 Å². The van der Waals surface area contributed by atoms with Crippen molar-refractivity contribution in [2.75, 3.05) is 34.2 Å². The van der Waals surface area contributed by atoms with E-state index in [0.717, 1.165) is 31.2 Å². The Balaban J connectivity index is 2.04. The summed E-state index contributed by atoms with van der Waals surface area (Å²) in [5.41, 5.74) is 0.188. The largest absolute Gasteiger partial charge is 0.459 e. The average Bonchev–Trinajstić information content (AvgIpc) is 2.84. The SMILES string of the molecule is CN(CC(=O)N(C)[C@@H](CC1CCCCC1)C(=O)N(C)CC(=O)OC(C)(C)C)C(=O)OCc1ccccc1. The highest BCUT2D eigenvalue weighted by atomic mass is 16.6. The third-order valence-electron chi connectivity index (χ3n) is 6.48. The smallest absolute Gasteiger partial charge is 0.410 e. The number of carbonyl (C=O) groups excluding carboxylic acids is 4. The molecule has 2 rings (SSSR count). The van der Waals surface area contributed by atoms with Gasteiger partial charge in [-0.05, 0) is 38.7 Å². The lowest BCUT2D eigenvalue weighted by atomic mass is 9.84. The number of amides is 3. The van der Waals surface area contributed by atoms with Gasteiger partial charge in [-0.2, -0.15) is 0 Å². The highest BCUT2D eigenvalue weighted by molar-refractivity contribution is 5.90. The van der Waals surface area contributed by atoms with E-state index in [1.807, 2.05) is 30.3 Å². The zero-order chi connectivity index (χ0) is 27.6. The van der Waals surface area contributed by atoms with E-state index in [0.29, 0.717) is 12.3 Å². The van der Waals surface area contributed by atoms with Gasteiger partial charge in [0.05, 0.1) is 0 Å². The number of hydrogen-bond acceptors (Lipinski definition) is 6. The van der Waals surface area contributed by atoms with Crippen molar-refractivity contribution in [3.8, 4) is 0 Å². The Labute approximate surface area is 221 Å². The second-order valence-corrected chi connectivity index (χ2v) is 10.9. The van der Waals surface area contributed by atoms with Crippen molar-refractivity contribution < 1.29 is 28.7 Å². The number of carbonyl (C=O) groups is 4. The summed E-state index contributed by atoms with van der Waals surface area (Å²) in [6, 6.07) is 8.55. The van der Waals surface area contributed by atoms with Crippen LogP contribution in [0.25, 0.3) is 0 Å². The second-order valence-electron chi connectivity index (χ2n) is 10.9. The molecule has 1 aromatic rings. The van der Waals surface area contributed by atoms with Gasteiger partial charge in [0.1, 0.15) is 31.3 Å². The molecule has 3 amide bonds. The van der Waals surface area contributed by atoms with Crippen LogP contribution in [-0.2, 0) is 30.5 Å². The molecule has 1 saturated carbocycles. The van der Waals surface area contributed by atoms with E-state index < -0.39 is 23.7 Å². The monoisotopic (exact) mass is 517 g/mol. The number of ether oxygens (including phenoxy) is 2. The molecule has 1 atom stereocenters. The van der Waals surface area contributed by atoms with Crippen LogP contribution in [0, 0.1) is 5.92 Å². The van der Waals surface area contributed by atoms with Crippen molar-refractivity contribution in [1.82, 2.24) is 14.7 Å². The Bertz CT molecular complexity index is 908. The molecule has 37 heavy (non-hydrogen) atoms. The molecule has 0 spiro atoms. The Morgan fingerprint density at radius 2 is 1.54 bits per heavy atom. The van der Waals surface area contributed by atoms with Crippen molar-refractivity contribution in [2.24, 2.45) is 5.92 Å². The first kappa shape index (κ1) is 30.1. The second kappa shape index (κ2) is 14.0. The first-order valence-corrected chi connectivity index (χ1v) is 13.0. The molecular formula is C28H43N3O6. The van der Waals surface area contributed by atoms with E-state index >= 15 is 0 Å². The molecule has 0 radical (unpaired) electrons. The number of rotatable bonds is 10. The lowest BCUT2D eigenvalue weighted by Gasteiger charge is -2.35. The van der Waals surface area contributed by atoms with Gasteiger partial charge in [-0.3, -0.25) is 14.4 Å². The third kappa shape index (κ3) is 10.4. The third-order valence-corrected chi connectivity index (χ3v) is 6.48. The van der Waals surface area contributed by atoms with Crippen molar-refractivity contribution in [3.05, 3.63) is 35.9 Å². The highest BCUT2D eigenvalue weighted by Gasteiger charge is 2.34. The zero-order valence-corrected chi connectivity index (χ0v) is 23.2. The summed E-state index contributed by atoms with van der Waals surface area (Å²) in [6.45, 7) is 4.98. The van der Waals surface area contributed by atoms with Gasteiger partial charge >= 0.3 is 12.1 Å². The normalized spacial score (nSPS) is 14.9. The van der Waals surface area contributed by atoms with Crippen LogP contribution in [0.3, 0.4) is 0 Å². The predicted molar refractivity (Wildman–Crippen MR) is 140 cm³/mol. The van der Waals surface area contributed by atoms with Crippen molar-refractivity contribution in [3.63, 3.8) is 0 Å². The van der Waals surface area contributed by atoms with Gasteiger partial charge in [0, 0.05) is 21.1 Å². The van der Waals surface area contributed by atoms with Crippen LogP contribution in [0.2, 0.25) is 0 Å². The average molecular weight is 518 g/mol. The van der Waals surface area contributed by atoms with Crippen LogP contribution in [0.1, 0.15) is 64.9 Å². The lowest BCUT2D eigenvalue weighted by molar-refractivity contribution is -0.159. The van der Waals surface area contributed by atoms with Gasteiger partial charge in [-0.1, -0.05) is 62.4 Å². The van der Waals surface area contributed by atoms with Gasteiger partial charge in [-0.25, -0.2) is 4.79 Å². The van der Waals surface area contributed by atoms with E-state index in [4.69, 9.17) is 9.47 Å². The molecule has 0 aliphatic heterocycles. The fourth-order valence-electron chi connectivity index (χ4n) is 4.45. The minimum atomic E-state index is -0.739.